The number of nitrogens with zero attached hydrogens (tertiary/aromatic N) is 3. The van der Waals surface area contributed by atoms with Crippen LogP contribution in [0.3, 0.4) is 0 Å². The Bertz CT molecular complexity index is 1160. The summed E-state index contributed by atoms with van der Waals surface area (Å²) in [5, 5.41) is 3.40. The Morgan fingerprint density at radius 3 is 2.63 bits per heavy atom. The number of rotatable bonds is 3. The Hall–Kier alpha value is -3.31. The number of aryl methyl sites for hydroxylation is 1. The van der Waals surface area contributed by atoms with Crippen LogP contribution < -0.4 is 5.32 Å². The molecule has 0 aliphatic rings. The van der Waals surface area contributed by atoms with Gasteiger partial charge in [0.2, 0.25) is 0 Å². The zero-order valence-electron chi connectivity index (χ0n) is 14.5. The van der Waals surface area contributed by atoms with Crippen molar-refractivity contribution >= 4 is 34.2 Å². The number of para-hydroxylation sites is 2. The molecular formula is C21H15ClN4O. The number of nitrogens with one attached hydrogen (secondary N) is 1. The van der Waals surface area contributed by atoms with Gasteiger partial charge in [0.1, 0.15) is 5.69 Å². The van der Waals surface area contributed by atoms with Crippen LogP contribution in [0.1, 0.15) is 16.1 Å². The number of amides is 1. The lowest BCUT2D eigenvalue weighted by Gasteiger charge is -2.10. The fraction of sp³-hybridized carbons (Fsp3) is 0.0476. The third kappa shape index (κ3) is 3.50. The Morgan fingerprint density at radius 2 is 1.81 bits per heavy atom. The van der Waals surface area contributed by atoms with E-state index in [9.17, 15) is 4.79 Å². The van der Waals surface area contributed by atoms with E-state index >= 15 is 0 Å². The molecule has 5 nitrogen and oxygen atoms in total. The average Bonchev–Trinajstić information content (AvgIpc) is 2.69. The summed E-state index contributed by atoms with van der Waals surface area (Å²) in [6.45, 7) is 1.85. The molecule has 132 valence electrons. The van der Waals surface area contributed by atoms with Crippen LogP contribution in [0, 0.1) is 6.92 Å². The molecule has 4 aromatic rings. The van der Waals surface area contributed by atoms with Crippen LogP contribution in [-0.2, 0) is 0 Å². The lowest BCUT2D eigenvalue weighted by molar-refractivity contribution is 0.102. The summed E-state index contributed by atoms with van der Waals surface area (Å²) >= 11 is 6.37. The van der Waals surface area contributed by atoms with Crippen LogP contribution in [0.15, 0.2) is 67.0 Å². The number of fused-ring (bicyclic) bond motifs is 1. The van der Waals surface area contributed by atoms with Crippen molar-refractivity contribution in [1.82, 2.24) is 15.0 Å². The summed E-state index contributed by atoms with van der Waals surface area (Å²) in [5.41, 5.74) is 4.75. The molecule has 0 bridgehead atoms. The van der Waals surface area contributed by atoms with Gasteiger partial charge in [-0.3, -0.25) is 14.8 Å². The fourth-order valence-corrected chi connectivity index (χ4v) is 3.01. The van der Waals surface area contributed by atoms with E-state index in [0.29, 0.717) is 27.7 Å². The number of pyridine rings is 1. The predicted molar refractivity (Wildman–Crippen MR) is 107 cm³/mol. The molecular weight excluding hydrogens is 360 g/mol. The van der Waals surface area contributed by atoms with E-state index in [1.54, 1.807) is 36.7 Å². The van der Waals surface area contributed by atoms with Crippen molar-refractivity contribution < 1.29 is 4.79 Å². The first-order chi connectivity index (χ1) is 13.1. The second-order valence-electron chi connectivity index (χ2n) is 6.06. The van der Waals surface area contributed by atoms with E-state index in [4.69, 9.17) is 11.6 Å². The molecule has 27 heavy (non-hydrogen) atoms. The zero-order valence-corrected chi connectivity index (χ0v) is 15.2. The number of anilines is 1. The lowest BCUT2D eigenvalue weighted by Crippen LogP contribution is -2.15. The Balaban J connectivity index is 1.68. The molecule has 0 unspecified atom stereocenters. The Labute approximate surface area is 161 Å². The van der Waals surface area contributed by atoms with Gasteiger partial charge in [0, 0.05) is 17.4 Å². The molecule has 0 spiro atoms. The van der Waals surface area contributed by atoms with Gasteiger partial charge in [-0.2, -0.15) is 0 Å². The fourth-order valence-electron chi connectivity index (χ4n) is 2.80. The number of benzene rings is 2. The van der Waals surface area contributed by atoms with Gasteiger partial charge in [-0.1, -0.05) is 29.8 Å². The van der Waals surface area contributed by atoms with Crippen LogP contribution in [-0.4, -0.2) is 20.9 Å². The van der Waals surface area contributed by atoms with E-state index in [1.807, 2.05) is 37.3 Å². The monoisotopic (exact) mass is 374 g/mol. The van der Waals surface area contributed by atoms with E-state index in [0.717, 1.165) is 16.6 Å². The van der Waals surface area contributed by atoms with E-state index in [1.165, 1.54) is 0 Å². The van der Waals surface area contributed by atoms with Crippen LogP contribution in [0.5, 0.6) is 0 Å². The van der Waals surface area contributed by atoms with Crippen molar-refractivity contribution in [3.63, 3.8) is 0 Å². The van der Waals surface area contributed by atoms with Crippen molar-refractivity contribution in [2.45, 2.75) is 6.92 Å². The molecule has 2 heterocycles. The molecule has 4 rings (SSSR count). The third-order valence-corrected chi connectivity index (χ3v) is 4.50. The molecule has 0 aliphatic carbocycles. The van der Waals surface area contributed by atoms with Crippen LogP contribution >= 0.6 is 11.6 Å². The highest BCUT2D eigenvalue weighted by atomic mass is 35.5. The van der Waals surface area contributed by atoms with Crippen molar-refractivity contribution in [2.24, 2.45) is 0 Å². The minimum absolute atomic E-state index is 0.272. The number of hydrogen-bond donors (Lipinski definition) is 1. The molecule has 1 N–H and O–H groups in total. The first-order valence-corrected chi connectivity index (χ1v) is 8.74. The van der Waals surface area contributed by atoms with Gasteiger partial charge in [-0.15, -0.1) is 0 Å². The van der Waals surface area contributed by atoms with Crippen molar-refractivity contribution in [3.05, 3.63) is 83.3 Å². The van der Waals surface area contributed by atoms with Crippen molar-refractivity contribution in [3.8, 4) is 11.3 Å². The van der Waals surface area contributed by atoms with E-state index in [2.05, 4.69) is 20.3 Å². The normalized spacial score (nSPS) is 10.7. The number of aromatic nitrogens is 3. The molecule has 1 amide bonds. The maximum absolute atomic E-state index is 12.5. The Morgan fingerprint density at radius 1 is 1.00 bits per heavy atom. The minimum Gasteiger partial charge on any atom is -0.321 e. The third-order valence-electron chi connectivity index (χ3n) is 4.17. The molecule has 0 aliphatic heterocycles. The SMILES string of the molecule is Cc1cccnc1C(=O)Nc1ccc(Cl)c(-c2cnc3ccccc3n2)c1. The van der Waals surface area contributed by atoms with Gasteiger partial charge in [0.05, 0.1) is 27.9 Å². The van der Waals surface area contributed by atoms with Gasteiger partial charge in [0.25, 0.3) is 5.91 Å². The average molecular weight is 375 g/mol. The number of halogens is 1. The summed E-state index contributed by atoms with van der Waals surface area (Å²) in [4.78, 5) is 25.7. The standard InChI is InChI=1S/C21H15ClN4O/c1-13-5-4-10-23-20(13)21(27)25-14-8-9-16(22)15(11-14)19-12-24-17-6-2-3-7-18(17)26-19/h2-12H,1H3,(H,25,27). The molecule has 0 saturated carbocycles. The Kier molecular flexibility index (Phi) is 4.52. The molecule has 0 saturated heterocycles. The molecule has 6 heteroatoms. The van der Waals surface area contributed by atoms with Crippen LogP contribution in [0.4, 0.5) is 5.69 Å². The first kappa shape index (κ1) is 17.1. The first-order valence-electron chi connectivity index (χ1n) is 8.36. The molecule has 0 radical (unpaired) electrons. The largest absolute Gasteiger partial charge is 0.321 e. The quantitative estimate of drug-likeness (QED) is 0.553. The minimum atomic E-state index is -0.272. The van der Waals surface area contributed by atoms with E-state index in [-0.39, 0.29) is 5.91 Å². The van der Waals surface area contributed by atoms with Gasteiger partial charge in [-0.05, 0) is 48.9 Å². The smallest absolute Gasteiger partial charge is 0.274 e. The van der Waals surface area contributed by atoms with Crippen LogP contribution in [0.2, 0.25) is 5.02 Å². The topological polar surface area (TPSA) is 67.8 Å². The van der Waals surface area contributed by atoms with Crippen molar-refractivity contribution in [2.75, 3.05) is 5.32 Å². The van der Waals surface area contributed by atoms with E-state index < -0.39 is 0 Å². The summed E-state index contributed by atoms with van der Waals surface area (Å²) in [5.74, 6) is -0.272. The second kappa shape index (κ2) is 7.13. The molecule has 2 aromatic carbocycles. The highest BCUT2D eigenvalue weighted by Gasteiger charge is 2.13. The predicted octanol–water partition coefficient (Wildman–Crippen LogP) is 4.91. The highest BCUT2D eigenvalue weighted by Crippen LogP contribution is 2.30. The second-order valence-corrected chi connectivity index (χ2v) is 6.47. The van der Waals surface area contributed by atoms with Gasteiger partial charge >= 0.3 is 0 Å². The number of carbonyl (C=O) groups excluding carboxylic acids is 1. The van der Waals surface area contributed by atoms with Crippen molar-refractivity contribution in [1.29, 1.82) is 0 Å². The summed E-state index contributed by atoms with van der Waals surface area (Å²) in [6, 6.07) is 16.5. The lowest BCUT2D eigenvalue weighted by atomic mass is 10.1. The number of carbonyl (C=O) groups is 1. The maximum Gasteiger partial charge on any atom is 0.274 e. The number of hydrogen-bond acceptors (Lipinski definition) is 4. The molecule has 0 fully saturated rings. The highest BCUT2D eigenvalue weighted by molar-refractivity contribution is 6.33. The maximum atomic E-state index is 12.5. The zero-order chi connectivity index (χ0) is 18.8. The molecule has 2 aromatic heterocycles. The van der Waals surface area contributed by atoms with Gasteiger partial charge in [-0.25, -0.2) is 4.98 Å². The molecule has 0 atom stereocenters. The summed E-state index contributed by atoms with van der Waals surface area (Å²) < 4.78 is 0. The van der Waals surface area contributed by atoms with Gasteiger partial charge < -0.3 is 5.32 Å². The van der Waals surface area contributed by atoms with Gasteiger partial charge in [0.15, 0.2) is 0 Å². The summed E-state index contributed by atoms with van der Waals surface area (Å²) in [7, 11) is 0. The summed E-state index contributed by atoms with van der Waals surface area (Å²) in [6.07, 6.45) is 3.28. The van der Waals surface area contributed by atoms with Crippen LogP contribution in [0.25, 0.3) is 22.3 Å².